The number of aliphatic hydroxyl groups is 1. The fourth-order valence-electron chi connectivity index (χ4n) is 2.25. The van der Waals surface area contributed by atoms with Crippen LogP contribution in [-0.4, -0.2) is 28.8 Å². The Labute approximate surface area is 121 Å². The molecule has 0 radical (unpaired) electrons. The lowest BCUT2D eigenvalue weighted by Gasteiger charge is -2.38. The average molecular weight is 329 g/mol. The molecule has 1 aliphatic rings. The number of hydrogen-bond acceptors (Lipinski definition) is 3. The van der Waals surface area contributed by atoms with Crippen LogP contribution in [0.1, 0.15) is 25.3 Å². The fourth-order valence-corrected chi connectivity index (χ4v) is 3.16. The van der Waals surface area contributed by atoms with E-state index in [9.17, 15) is 5.11 Å². The van der Waals surface area contributed by atoms with Crippen LogP contribution in [0.4, 0.5) is 5.69 Å². The third-order valence-electron chi connectivity index (χ3n) is 3.42. The summed E-state index contributed by atoms with van der Waals surface area (Å²) in [5.41, 5.74) is 7.18. The van der Waals surface area contributed by atoms with Crippen molar-refractivity contribution in [3.05, 3.63) is 28.2 Å². The van der Waals surface area contributed by atoms with E-state index in [-0.39, 0.29) is 0 Å². The number of thiocarbonyl (C=S) groups is 1. The highest BCUT2D eigenvalue weighted by Gasteiger charge is 2.28. The molecule has 3 N–H and O–H groups in total. The largest absolute Gasteiger partial charge is 0.390 e. The van der Waals surface area contributed by atoms with Crippen molar-refractivity contribution in [3.8, 4) is 0 Å². The maximum absolute atomic E-state index is 9.99. The number of nitrogens with two attached hydrogens (primary N) is 1. The molecule has 0 spiro atoms. The summed E-state index contributed by atoms with van der Waals surface area (Å²) in [6.45, 7) is 3.53. The maximum Gasteiger partial charge on any atom is 0.107 e. The van der Waals surface area contributed by atoms with Gasteiger partial charge in [-0.15, -0.1) is 0 Å². The van der Waals surface area contributed by atoms with Crippen LogP contribution in [0, 0.1) is 0 Å². The summed E-state index contributed by atoms with van der Waals surface area (Å²) in [4.78, 5) is 2.63. The van der Waals surface area contributed by atoms with E-state index in [1.165, 1.54) is 0 Å². The van der Waals surface area contributed by atoms with Gasteiger partial charge in [-0.2, -0.15) is 0 Å². The number of benzene rings is 1. The third-order valence-corrected chi connectivity index (χ3v) is 4.28. The molecular formula is C13H17BrN2OS. The summed E-state index contributed by atoms with van der Waals surface area (Å²) >= 11 is 8.62. The predicted octanol–water partition coefficient (Wildman–Crippen LogP) is 2.43. The summed E-state index contributed by atoms with van der Waals surface area (Å²) in [7, 11) is 0. The van der Waals surface area contributed by atoms with Gasteiger partial charge in [-0.25, -0.2) is 0 Å². The first-order chi connectivity index (χ1) is 8.41. The summed E-state index contributed by atoms with van der Waals surface area (Å²) < 4.78 is 0.921. The van der Waals surface area contributed by atoms with Crippen molar-refractivity contribution in [2.75, 3.05) is 18.0 Å². The number of nitrogens with zero attached hydrogens (tertiary/aromatic N) is 1. The van der Waals surface area contributed by atoms with Crippen LogP contribution in [0.5, 0.6) is 0 Å². The summed E-state index contributed by atoms with van der Waals surface area (Å²) in [5.74, 6) is 0. The number of anilines is 1. The van der Waals surface area contributed by atoms with E-state index in [1.54, 1.807) is 0 Å². The Bertz CT molecular complexity index is 466. The van der Waals surface area contributed by atoms with Crippen LogP contribution in [0.2, 0.25) is 0 Å². The predicted molar refractivity (Wildman–Crippen MR) is 82.1 cm³/mol. The van der Waals surface area contributed by atoms with E-state index < -0.39 is 5.60 Å². The minimum absolute atomic E-state index is 0.398. The van der Waals surface area contributed by atoms with Gasteiger partial charge >= 0.3 is 0 Å². The molecule has 1 heterocycles. The first-order valence-corrected chi connectivity index (χ1v) is 7.16. The lowest BCUT2D eigenvalue weighted by atomic mass is 9.93. The van der Waals surface area contributed by atoms with Gasteiger partial charge < -0.3 is 15.7 Å². The number of halogens is 1. The van der Waals surface area contributed by atoms with Crippen LogP contribution < -0.4 is 10.6 Å². The van der Waals surface area contributed by atoms with Crippen molar-refractivity contribution in [2.24, 2.45) is 5.73 Å². The van der Waals surface area contributed by atoms with Crippen molar-refractivity contribution >= 4 is 38.8 Å². The van der Waals surface area contributed by atoms with Crippen LogP contribution in [-0.2, 0) is 0 Å². The molecule has 1 aliphatic heterocycles. The normalized spacial score (nSPS) is 18.7. The van der Waals surface area contributed by atoms with E-state index in [2.05, 4.69) is 20.8 Å². The number of hydrogen-bond donors (Lipinski definition) is 2. The van der Waals surface area contributed by atoms with Gasteiger partial charge in [0.1, 0.15) is 4.99 Å². The van der Waals surface area contributed by atoms with Gasteiger partial charge in [0.05, 0.1) is 5.60 Å². The third kappa shape index (κ3) is 2.84. The van der Waals surface area contributed by atoms with Crippen LogP contribution in [0.3, 0.4) is 0 Å². The van der Waals surface area contributed by atoms with E-state index in [0.717, 1.165) is 41.7 Å². The van der Waals surface area contributed by atoms with Gasteiger partial charge in [0.2, 0.25) is 0 Å². The molecule has 1 aromatic rings. The van der Waals surface area contributed by atoms with Crippen molar-refractivity contribution in [1.29, 1.82) is 0 Å². The molecule has 0 amide bonds. The monoisotopic (exact) mass is 328 g/mol. The first kappa shape index (κ1) is 13.8. The second-order valence-corrected chi connectivity index (χ2v) is 6.28. The zero-order valence-corrected chi connectivity index (χ0v) is 12.7. The lowest BCUT2D eigenvalue weighted by molar-refractivity contribution is 0.0351. The highest BCUT2D eigenvalue weighted by molar-refractivity contribution is 9.10. The first-order valence-electron chi connectivity index (χ1n) is 5.96. The van der Waals surface area contributed by atoms with Crippen molar-refractivity contribution in [2.45, 2.75) is 25.4 Å². The molecule has 18 heavy (non-hydrogen) atoms. The summed E-state index contributed by atoms with van der Waals surface area (Å²) in [6, 6.07) is 5.95. The van der Waals surface area contributed by atoms with Gasteiger partial charge in [-0.3, -0.25) is 0 Å². The highest BCUT2D eigenvalue weighted by atomic mass is 79.9. The molecule has 0 aliphatic carbocycles. The smallest absolute Gasteiger partial charge is 0.107 e. The number of rotatable bonds is 2. The molecular weight excluding hydrogens is 312 g/mol. The zero-order chi connectivity index (χ0) is 13.3. The van der Waals surface area contributed by atoms with Crippen LogP contribution in [0.15, 0.2) is 22.7 Å². The molecule has 0 saturated carbocycles. The van der Waals surface area contributed by atoms with Gasteiger partial charge in [-0.1, -0.05) is 18.3 Å². The second kappa shape index (κ2) is 5.15. The Morgan fingerprint density at radius 3 is 2.61 bits per heavy atom. The molecule has 1 fully saturated rings. The molecule has 2 rings (SSSR count). The topological polar surface area (TPSA) is 49.5 Å². The fraction of sp³-hybridized carbons (Fsp3) is 0.462. The molecule has 0 atom stereocenters. The molecule has 3 nitrogen and oxygen atoms in total. The molecule has 1 aromatic carbocycles. The maximum atomic E-state index is 9.99. The Morgan fingerprint density at radius 1 is 1.44 bits per heavy atom. The van der Waals surface area contributed by atoms with Gasteiger partial charge in [-0.05, 0) is 47.8 Å². The lowest BCUT2D eigenvalue weighted by Crippen LogP contribution is -2.43. The molecule has 0 bridgehead atoms. The molecule has 0 aromatic heterocycles. The molecule has 5 heteroatoms. The highest BCUT2D eigenvalue weighted by Crippen LogP contribution is 2.31. The van der Waals surface area contributed by atoms with Crippen molar-refractivity contribution in [1.82, 2.24) is 0 Å². The number of piperidine rings is 1. The van der Waals surface area contributed by atoms with Gasteiger partial charge in [0, 0.05) is 28.8 Å². The van der Waals surface area contributed by atoms with Gasteiger partial charge in [0.15, 0.2) is 0 Å². The Kier molecular flexibility index (Phi) is 3.94. The molecule has 0 unspecified atom stereocenters. The molecule has 1 saturated heterocycles. The van der Waals surface area contributed by atoms with E-state index in [4.69, 9.17) is 18.0 Å². The standard InChI is InChI=1S/C13H17BrN2OS/c1-13(17)5-7-16(8-6-13)10-4-2-3-9(14)11(10)12(15)18/h2-4,17H,5-8H2,1H3,(H2,15,18). The van der Waals surface area contributed by atoms with E-state index >= 15 is 0 Å². The van der Waals surface area contributed by atoms with Gasteiger partial charge in [0.25, 0.3) is 0 Å². The van der Waals surface area contributed by atoms with Crippen LogP contribution in [0.25, 0.3) is 0 Å². The minimum atomic E-state index is -0.550. The summed E-state index contributed by atoms with van der Waals surface area (Å²) in [6.07, 6.45) is 1.52. The average Bonchev–Trinajstić information content (AvgIpc) is 2.28. The van der Waals surface area contributed by atoms with E-state index in [0.29, 0.717) is 4.99 Å². The van der Waals surface area contributed by atoms with Crippen molar-refractivity contribution in [3.63, 3.8) is 0 Å². The Hall–Kier alpha value is -0.650. The van der Waals surface area contributed by atoms with Crippen molar-refractivity contribution < 1.29 is 5.11 Å². The Balaban J connectivity index is 2.30. The van der Waals surface area contributed by atoms with Crippen LogP contribution >= 0.6 is 28.1 Å². The van der Waals surface area contributed by atoms with E-state index in [1.807, 2.05) is 25.1 Å². The second-order valence-electron chi connectivity index (χ2n) is 4.98. The SMILES string of the molecule is CC1(O)CCN(c2cccc(Br)c2C(N)=S)CC1. The minimum Gasteiger partial charge on any atom is -0.390 e. The zero-order valence-electron chi connectivity index (χ0n) is 10.3. The summed E-state index contributed by atoms with van der Waals surface area (Å²) in [5, 5.41) is 9.99. The Morgan fingerprint density at radius 2 is 2.06 bits per heavy atom. The quantitative estimate of drug-likeness (QED) is 0.819. The molecule has 98 valence electrons.